The fourth-order valence-corrected chi connectivity index (χ4v) is 4.01. The van der Waals surface area contributed by atoms with Crippen LogP contribution in [0.2, 0.25) is 5.02 Å². The summed E-state index contributed by atoms with van der Waals surface area (Å²) in [6, 6.07) is 10.9. The Hall–Kier alpha value is -2.36. The van der Waals surface area contributed by atoms with E-state index in [1.165, 1.54) is 12.1 Å². The molecular formula is C18H20ClN3O5S. The highest BCUT2D eigenvalue weighted by atomic mass is 35.5. The third-order valence-corrected chi connectivity index (χ3v) is 5.87. The van der Waals surface area contributed by atoms with Gasteiger partial charge in [-0.25, -0.2) is 13.6 Å². The Balaban J connectivity index is 1.76. The third-order valence-electron chi connectivity index (χ3n) is 4.64. The normalized spacial score (nSPS) is 17.4. The van der Waals surface area contributed by atoms with E-state index in [-0.39, 0.29) is 16.5 Å². The van der Waals surface area contributed by atoms with Crippen molar-refractivity contribution in [2.45, 2.75) is 17.7 Å². The monoisotopic (exact) mass is 425 g/mol. The maximum Gasteiger partial charge on any atom is 0.293 e. The lowest BCUT2D eigenvalue weighted by molar-refractivity contribution is -0.384. The van der Waals surface area contributed by atoms with Gasteiger partial charge in [-0.1, -0.05) is 23.7 Å². The number of primary sulfonamides is 1. The fourth-order valence-electron chi connectivity index (χ4n) is 3.28. The molecule has 1 heterocycles. The minimum Gasteiger partial charge on any atom is -0.492 e. The lowest BCUT2D eigenvalue weighted by Crippen LogP contribution is -2.38. The summed E-state index contributed by atoms with van der Waals surface area (Å²) < 4.78 is 28.8. The van der Waals surface area contributed by atoms with Gasteiger partial charge in [-0.3, -0.25) is 10.1 Å². The Kier molecular flexibility index (Phi) is 6.07. The van der Waals surface area contributed by atoms with Crippen molar-refractivity contribution in [2.24, 2.45) is 11.1 Å². The standard InChI is InChI=1S/C18H20ClN3O5S/c19-15-5-1-2-6-18(15)27-12-13-4-3-9-21(11-13)16-8-7-14(28(20,25)26)10-17(16)22(23)24/h1-2,5-8,10,13H,3-4,9,11-12H2,(H2,20,25,26). The molecule has 2 N–H and O–H groups in total. The lowest BCUT2D eigenvalue weighted by Gasteiger charge is -2.34. The molecule has 0 spiro atoms. The second kappa shape index (κ2) is 8.34. The van der Waals surface area contributed by atoms with E-state index in [0.717, 1.165) is 18.9 Å². The molecule has 1 atom stereocenters. The van der Waals surface area contributed by atoms with Crippen LogP contribution in [-0.4, -0.2) is 33.0 Å². The molecule has 0 aliphatic carbocycles. The largest absolute Gasteiger partial charge is 0.492 e. The number of hydrogen-bond donors (Lipinski definition) is 1. The van der Waals surface area contributed by atoms with Gasteiger partial charge in [0, 0.05) is 25.1 Å². The molecule has 28 heavy (non-hydrogen) atoms. The highest BCUT2D eigenvalue weighted by molar-refractivity contribution is 7.89. The van der Waals surface area contributed by atoms with Crippen molar-refractivity contribution in [3.05, 3.63) is 57.6 Å². The number of rotatable bonds is 6. The van der Waals surface area contributed by atoms with Crippen molar-refractivity contribution in [3.63, 3.8) is 0 Å². The summed E-state index contributed by atoms with van der Waals surface area (Å²) in [5.74, 6) is 0.757. The molecule has 2 aromatic carbocycles. The first-order valence-electron chi connectivity index (χ1n) is 8.69. The van der Waals surface area contributed by atoms with E-state index < -0.39 is 14.9 Å². The van der Waals surface area contributed by atoms with E-state index >= 15 is 0 Å². The van der Waals surface area contributed by atoms with Crippen LogP contribution in [-0.2, 0) is 10.0 Å². The van der Waals surface area contributed by atoms with Crippen LogP contribution in [0.1, 0.15) is 12.8 Å². The fraction of sp³-hybridized carbons (Fsp3) is 0.333. The van der Waals surface area contributed by atoms with Crippen LogP contribution in [0.5, 0.6) is 5.75 Å². The molecule has 1 fully saturated rings. The van der Waals surface area contributed by atoms with Crippen LogP contribution in [0, 0.1) is 16.0 Å². The number of hydrogen-bond acceptors (Lipinski definition) is 6. The van der Waals surface area contributed by atoms with Crippen LogP contribution >= 0.6 is 11.6 Å². The van der Waals surface area contributed by atoms with Gasteiger partial charge in [-0.05, 0) is 37.1 Å². The van der Waals surface area contributed by atoms with Crippen LogP contribution in [0.4, 0.5) is 11.4 Å². The summed E-state index contributed by atoms with van der Waals surface area (Å²) in [5.41, 5.74) is 0.0963. The van der Waals surface area contributed by atoms with Gasteiger partial charge in [-0.2, -0.15) is 0 Å². The number of halogens is 1. The average Bonchev–Trinajstić information content (AvgIpc) is 2.66. The van der Waals surface area contributed by atoms with Crippen molar-refractivity contribution in [3.8, 4) is 5.75 Å². The first-order valence-corrected chi connectivity index (χ1v) is 10.6. The molecule has 1 saturated heterocycles. The number of para-hydroxylation sites is 1. The Morgan fingerprint density at radius 2 is 2.04 bits per heavy atom. The molecule has 8 nitrogen and oxygen atoms in total. The Bertz CT molecular complexity index is 983. The summed E-state index contributed by atoms with van der Waals surface area (Å²) in [4.78, 5) is 12.5. The van der Waals surface area contributed by atoms with Crippen molar-refractivity contribution >= 4 is 33.0 Å². The smallest absolute Gasteiger partial charge is 0.293 e. The zero-order valence-electron chi connectivity index (χ0n) is 15.0. The minimum atomic E-state index is -4.02. The van der Waals surface area contributed by atoms with Crippen LogP contribution in [0.3, 0.4) is 0 Å². The summed E-state index contributed by atoms with van der Waals surface area (Å²) in [5, 5.41) is 17.1. The van der Waals surface area contributed by atoms with Crippen molar-refractivity contribution in [1.82, 2.24) is 0 Å². The van der Waals surface area contributed by atoms with Gasteiger partial charge >= 0.3 is 0 Å². The van der Waals surface area contributed by atoms with Gasteiger partial charge in [0.25, 0.3) is 5.69 Å². The lowest BCUT2D eigenvalue weighted by atomic mass is 9.98. The van der Waals surface area contributed by atoms with Gasteiger partial charge in [0.15, 0.2) is 0 Å². The van der Waals surface area contributed by atoms with E-state index in [9.17, 15) is 18.5 Å². The molecule has 1 unspecified atom stereocenters. The molecule has 1 aliphatic rings. The first-order chi connectivity index (χ1) is 13.3. The predicted octanol–water partition coefficient (Wildman–Crippen LogP) is 3.19. The van der Waals surface area contributed by atoms with Gasteiger partial charge < -0.3 is 9.64 Å². The van der Waals surface area contributed by atoms with Crippen LogP contribution in [0.25, 0.3) is 0 Å². The summed E-state index contributed by atoms with van der Waals surface area (Å²) in [6.45, 7) is 1.63. The third kappa shape index (κ3) is 4.73. The maximum absolute atomic E-state index is 11.5. The zero-order valence-corrected chi connectivity index (χ0v) is 16.5. The van der Waals surface area contributed by atoms with Crippen molar-refractivity contribution < 1.29 is 18.1 Å². The molecule has 10 heteroatoms. The van der Waals surface area contributed by atoms with Crippen molar-refractivity contribution in [1.29, 1.82) is 0 Å². The van der Waals surface area contributed by atoms with E-state index in [4.69, 9.17) is 21.5 Å². The number of nitrogens with zero attached hydrogens (tertiary/aromatic N) is 2. The van der Waals surface area contributed by atoms with E-state index in [1.807, 2.05) is 17.0 Å². The van der Waals surface area contributed by atoms with Crippen LogP contribution in [0.15, 0.2) is 47.4 Å². The number of nitro benzene ring substituents is 1. The SMILES string of the molecule is NS(=O)(=O)c1ccc(N2CCCC(COc3ccccc3Cl)C2)c([N+](=O)[O-])c1. The zero-order chi connectivity index (χ0) is 20.3. The molecule has 0 amide bonds. The second-order valence-corrected chi connectivity index (χ2v) is 8.62. The molecule has 0 aromatic heterocycles. The quantitative estimate of drug-likeness (QED) is 0.561. The van der Waals surface area contributed by atoms with Gasteiger partial charge in [-0.15, -0.1) is 0 Å². The number of nitrogens with two attached hydrogens (primary N) is 1. The van der Waals surface area contributed by atoms with Crippen molar-refractivity contribution in [2.75, 3.05) is 24.6 Å². The molecular weight excluding hydrogens is 406 g/mol. The molecule has 0 saturated carbocycles. The number of piperidine rings is 1. The van der Waals surface area contributed by atoms with Crippen LogP contribution < -0.4 is 14.8 Å². The Morgan fingerprint density at radius 1 is 1.29 bits per heavy atom. The maximum atomic E-state index is 11.5. The minimum absolute atomic E-state index is 0.155. The number of benzene rings is 2. The van der Waals surface area contributed by atoms with E-state index in [0.29, 0.717) is 36.2 Å². The predicted molar refractivity (Wildman–Crippen MR) is 106 cm³/mol. The molecule has 3 rings (SSSR count). The Labute approximate surface area is 168 Å². The summed E-state index contributed by atoms with van der Waals surface area (Å²) in [7, 11) is -4.02. The molecule has 0 bridgehead atoms. The molecule has 2 aromatic rings. The van der Waals surface area contributed by atoms with Gasteiger partial charge in [0.05, 0.1) is 21.4 Å². The second-order valence-electron chi connectivity index (χ2n) is 6.65. The number of sulfonamides is 1. The van der Waals surface area contributed by atoms with E-state index in [1.54, 1.807) is 12.1 Å². The van der Waals surface area contributed by atoms with E-state index in [2.05, 4.69) is 0 Å². The average molecular weight is 426 g/mol. The topological polar surface area (TPSA) is 116 Å². The number of ether oxygens (including phenoxy) is 1. The highest BCUT2D eigenvalue weighted by Crippen LogP contribution is 2.34. The summed E-state index contributed by atoms with van der Waals surface area (Å²) in [6.07, 6.45) is 1.76. The summed E-state index contributed by atoms with van der Waals surface area (Å²) >= 11 is 6.10. The molecule has 1 aliphatic heterocycles. The molecule has 0 radical (unpaired) electrons. The Morgan fingerprint density at radius 3 is 2.71 bits per heavy atom. The highest BCUT2D eigenvalue weighted by Gasteiger charge is 2.27. The first kappa shape index (κ1) is 20.4. The molecule has 150 valence electrons. The van der Waals surface area contributed by atoms with Gasteiger partial charge in [0.1, 0.15) is 11.4 Å². The van der Waals surface area contributed by atoms with Gasteiger partial charge in [0.2, 0.25) is 10.0 Å². The number of nitro groups is 1. The number of anilines is 1.